The van der Waals surface area contributed by atoms with Crippen molar-refractivity contribution in [2.45, 2.75) is 77.5 Å². The summed E-state index contributed by atoms with van der Waals surface area (Å²) in [5.74, 6) is 1.92. The molecule has 1 unspecified atom stereocenters. The molecule has 6 nitrogen and oxygen atoms in total. The van der Waals surface area contributed by atoms with Crippen LogP contribution in [0, 0.1) is 13.8 Å². The van der Waals surface area contributed by atoms with Gasteiger partial charge in [-0.2, -0.15) is 0 Å². The van der Waals surface area contributed by atoms with Gasteiger partial charge in [-0.3, -0.25) is 9.36 Å². The lowest BCUT2D eigenvalue weighted by molar-refractivity contribution is 0.211. The lowest BCUT2D eigenvalue weighted by atomic mass is 9.59. The maximum atomic E-state index is 13.3. The minimum absolute atomic E-state index is 0.206. The summed E-state index contributed by atoms with van der Waals surface area (Å²) in [6.45, 7) is 10.1. The van der Waals surface area contributed by atoms with E-state index in [4.69, 9.17) is 9.51 Å². The number of aromatic nitrogens is 3. The van der Waals surface area contributed by atoms with Gasteiger partial charge >= 0.3 is 0 Å². The van der Waals surface area contributed by atoms with Crippen molar-refractivity contribution in [3.8, 4) is 0 Å². The van der Waals surface area contributed by atoms with Crippen LogP contribution in [0.4, 0.5) is 0 Å². The maximum absolute atomic E-state index is 13.3. The number of fused-ring (bicyclic) bond motifs is 2. The molecule has 1 atom stereocenters. The van der Waals surface area contributed by atoms with Crippen LogP contribution in [0.15, 0.2) is 27.5 Å². The van der Waals surface area contributed by atoms with Crippen LogP contribution in [0.5, 0.6) is 0 Å². The van der Waals surface area contributed by atoms with Crippen molar-refractivity contribution in [3.05, 3.63) is 56.9 Å². The highest BCUT2D eigenvalue weighted by Crippen LogP contribution is 2.33. The Labute approximate surface area is 196 Å². The molecule has 0 radical (unpaired) electrons. The van der Waals surface area contributed by atoms with Crippen molar-refractivity contribution in [2.24, 2.45) is 0 Å². The molecule has 1 saturated heterocycles. The lowest BCUT2D eigenvalue weighted by Crippen LogP contribution is -2.38. The van der Waals surface area contributed by atoms with E-state index in [1.807, 2.05) is 11.5 Å². The van der Waals surface area contributed by atoms with E-state index < -0.39 is 0 Å². The first-order valence-electron chi connectivity index (χ1n) is 12.7. The highest BCUT2D eigenvalue weighted by molar-refractivity contribution is 6.37. The third-order valence-electron chi connectivity index (χ3n) is 7.74. The predicted octanol–water partition coefficient (Wildman–Crippen LogP) is 4.13. The second kappa shape index (κ2) is 9.45. The molecule has 0 spiro atoms. The van der Waals surface area contributed by atoms with E-state index in [0.717, 1.165) is 106 Å². The van der Waals surface area contributed by atoms with Gasteiger partial charge < -0.3 is 9.42 Å². The topological polar surface area (TPSA) is 64.2 Å². The molecule has 33 heavy (non-hydrogen) atoms. The second-order valence-corrected chi connectivity index (χ2v) is 10.1. The fourth-order valence-corrected chi connectivity index (χ4v) is 5.84. The Morgan fingerprint density at radius 1 is 1.15 bits per heavy atom. The van der Waals surface area contributed by atoms with Crippen LogP contribution in [0.25, 0.3) is 11.0 Å². The number of hydrogen-bond donors (Lipinski definition) is 0. The Bertz CT molecular complexity index is 1190. The summed E-state index contributed by atoms with van der Waals surface area (Å²) in [6, 6.07) is 6.35. The number of likely N-dealkylation sites (tertiary alicyclic amines) is 1. The molecular formula is C26H35BN4O2. The maximum Gasteiger partial charge on any atom is 0.256 e. The van der Waals surface area contributed by atoms with E-state index in [9.17, 15) is 4.79 Å². The predicted molar refractivity (Wildman–Crippen MR) is 134 cm³/mol. The van der Waals surface area contributed by atoms with Crippen LogP contribution in [0.2, 0.25) is 6.32 Å². The Balaban J connectivity index is 1.24. The van der Waals surface area contributed by atoms with Gasteiger partial charge in [0.2, 0.25) is 0 Å². The molecule has 1 fully saturated rings. The SMILES string of the molecule is CCBC1CCCn2c1nc(C)c(CCN1CCC(c3noc4cc(C)ccc34)CC1)c2=O. The molecule has 174 valence electrons. The van der Waals surface area contributed by atoms with Gasteiger partial charge in [0.25, 0.3) is 5.56 Å². The molecule has 4 heterocycles. The first-order chi connectivity index (χ1) is 16.0. The Morgan fingerprint density at radius 2 is 1.97 bits per heavy atom. The normalized spacial score (nSPS) is 19.7. The standard InChI is InChI=1S/C26H35BN4O2/c1-4-27-22-6-5-12-31-25(22)28-18(3)20(26(31)32)11-15-30-13-9-19(10-14-30)24-21-8-7-17(2)16-23(21)33-29-24/h7-8,16,19,22,27H,4-6,9-15H2,1-3H3. The summed E-state index contributed by atoms with van der Waals surface area (Å²) < 4.78 is 7.58. The monoisotopic (exact) mass is 446 g/mol. The Morgan fingerprint density at radius 3 is 2.76 bits per heavy atom. The zero-order valence-electron chi connectivity index (χ0n) is 20.3. The second-order valence-electron chi connectivity index (χ2n) is 10.1. The van der Waals surface area contributed by atoms with E-state index in [1.54, 1.807) is 0 Å². The van der Waals surface area contributed by atoms with Crippen molar-refractivity contribution in [3.63, 3.8) is 0 Å². The molecule has 0 aliphatic carbocycles. The van der Waals surface area contributed by atoms with Gasteiger partial charge in [0.1, 0.15) is 13.1 Å². The van der Waals surface area contributed by atoms with Crippen LogP contribution in [0.3, 0.4) is 0 Å². The summed E-state index contributed by atoms with van der Waals surface area (Å²) >= 11 is 0. The van der Waals surface area contributed by atoms with Crippen LogP contribution in [-0.4, -0.2) is 46.5 Å². The quantitative estimate of drug-likeness (QED) is 0.533. The van der Waals surface area contributed by atoms with Gasteiger partial charge in [0.05, 0.1) is 5.69 Å². The highest BCUT2D eigenvalue weighted by Gasteiger charge is 2.27. The van der Waals surface area contributed by atoms with Gasteiger partial charge in [0.15, 0.2) is 5.58 Å². The first kappa shape index (κ1) is 22.4. The highest BCUT2D eigenvalue weighted by atomic mass is 16.5. The Hall–Kier alpha value is -2.41. The molecule has 5 rings (SSSR count). The van der Waals surface area contributed by atoms with Crippen molar-refractivity contribution < 1.29 is 4.52 Å². The third-order valence-corrected chi connectivity index (χ3v) is 7.74. The minimum Gasteiger partial charge on any atom is -0.356 e. The molecule has 2 aromatic heterocycles. The first-order valence-corrected chi connectivity index (χ1v) is 12.7. The largest absolute Gasteiger partial charge is 0.356 e. The molecule has 0 amide bonds. The molecule has 2 aliphatic rings. The van der Waals surface area contributed by atoms with E-state index in [0.29, 0.717) is 11.7 Å². The number of aryl methyl sites for hydroxylation is 2. The van der Waals surface area contributed by atoms with E-state index in [-0.39, 0.29) is 5.56 Å². The molecule has 0 N–H and O–H groups in total. The number of piperidine rings is 1. The van der Waals surface area contributed by atoms with E-state index in [1.165, 1.54) is 5.56 Å². The van der Waals surface area contributed by atoms with Crippen LogP contribution in [0.1, 0.15) is 72.7 Å². The molecule has 0 bridgehead atoms. The zero-order chi connectivity index (χ0) is 22.9. The van der Waals surface area contributed by atoms with Crippen molar-refractivity contribution in [1.29, 1.82) is 0 Å². The average Bonchev–Trinajstić information content (AvgIpc) is 3.23. The van der Waals surface area contributed by atoms with Crippen molar-refractivity contribution >= 4 is 18.2 Å². The van der Waals surface area contributed by atoms with Crippen LogP contribution >= 0.6 is 0 Å². The Kier molecular flexibility index (Phi) is 6.41. The number of rotatable bonds is 6. The molecule has 2 aliphatic heterocycles. The van der Waals surface area contributed by atoms with Crippen molar-refractivity contribution in [2.75, 3.05) is 19.6 Å². The zero-order valence-corrected chi connectivity index (χ0v) is 20.3. The fraction of sp³-hybridized carbons (Fsp3) is 0.577. The number of hydrogen-bond acceptors (Lipinski definition) is 5. The van der Waals surface area contributed by atoms with Crippen LogP contribution < -0.4 is 5.56 Å². The van der Waals surface area contributed by atoms with Gasteiger partial charge in [-0.05, 0) is 82.6 Å². The van der Waals surface area contributed by atoms with Gasteiger partial charge in [-0.15, -0.1) is 0 Å². The minimum atomic E-state index is 0.206. The molecule has 1 aromatic carbocycles. The van der Waals surface area contributed by atoms with Gasteiger partial charge in [0, 0.05) is 35.7 Å². The molecular weight excluding hydrogens is 411 g/mol. The lowest BCUT2D eigenvalue weighted by Gasteiger charge is -2.31. The molecule has 7 heteroatoms. The van der Waals surface area contributed by atoms with E-state index >= 15 is 0 Å². The van der Waals surface area contributed by atoms with Crippen molar-refractivity contribution in [1.82, 2.24) is 19.6 Å². The molecule has 0 saturated carbocycles. The summed E-state index contributed by atoms with van der Waals surface area (Å²) in [5, 5.41) is 5.57. The third kappa shape index (κ3) is 4.40. The fourth-order valence-electron chi connectivity index (χ4n) is 5.84. The number of nitrogens with zero attached hydrogens (tertiary/aromatic N) is 4. The van der Waals surface area contributed by atoms with E-state index in [2.05, 4.69) is 42.1 Å². The number of benzene rings is 1. The summed E-state index contributed by atoms with van der Waals surface area (Å²) in [5.41, 5.74) is 5.26. The summed E-state index contributed by atoms with van der Waals surface area (Å²) in [6.07, 6.45) is 6.33. The van der Waals surface area contributed by atoms with Gasteiger partial charge in [-0.25, -0.2) is 4.98 Å². The summed E-state index contributed by atoms with van der Waals surface area (Å²) in [7, 11) is 1.13. The van der Waals surface area contributed by atoms with Gasteiger partial charge in [-0.1, -0.05) is 24.5 Å². The summed E-state index contributed by atoms with van der Waals surface area (Å²) in [4.78, 5) is 20.7. The average molecular weight is 446 g/mol. The van der Waals surface area contributed by atoms with Crippen LogP contribution in [-0.2, 0) is 13.0 Å². The smallest absolute Gasteiger partial charge is 0.256 e. The molecule has 3 aromatic rings.